The molecule has 0 radical (unpaired) electrons. The Balaban J connectivity index is 3.09. The summed E-state index contributed by atoms with van der Waals surface area (Å²) in [5.74, 6) is -2.64. The van der Waals surface area contributed by atoms with E-state index in [1.807, 2.05) is 0 Å². The number of carboxylic acids is 1. The number of nitrogens with zero attached hydrogens (tertiary/aromatic N) is 3. The van der Waals surface area contributed by atoms with E-state index in [4.69, 9.17) is 5.11 Å². The number of alkyl halides is 2. The minimum Gasteiger partial charge on any atom is -0.475 e. The fourth-order valence-electron chi connectivity index (χ4n) is 0.683. The number of aromatic nitrogens is 3. The third-order valence-electron chi connectivity index (χ3n) is 1.17. The Hall–Kier alpha value is -1.53. The van der Waals surface area contributed by atoms with E-state index in [0.717, 1.165) is 4.68 Å². The fourth-order valence-corrected chi connectivity index (χ4v) is 0.683. The first-order chi connectivity index (χ1) is 5.52. The smallest absolute Gasteiger partial charge is 0.373 e. The lowest BCUT2D eigenvalue weighted by molar-refractivity contribution is 0.0678. The molecule has 0 saturated heterocycles. The molecule has 1 aromatic rings. The Morgan fingerprint density at radius 1 is 1.67 bits per heavy atom. The highest BCUT2D eigenvalue weighted by Crippen LogP contribution is 2.13. The maximum absolute atomic E-state index is 11.9. The number of hydrogen-bond donors (Lipinski definition) is 1. The van der Waals surface area contributed by atoms with Crippen LogP contribution in [0.25, 0.3) is 0 Å². The summed E-state index contributed by atoms with van der Waals surface area (Å²) in [6.45, 7) is 0. The summed E-state index contributed by atoms with van der Waals surface area (Å²) in [6.07, 6.45) is -2.84. The Labute approximate surface area is 65.6 Å². The lowest BCUT2D eigenvalue weighted by atomic mass is 10.6. The average Bonchev–Trinajstić information content (AvgIpc) is 2.30. The molecular formula is C5H5F2N3O2. The Bertz CT molecular complexity index is 310. The minimum atomic E-state index is -2.84. The van der Waals surface area contributed by atoms with Gasteiger partial charge in [-0.15, -0.1) is 5.10 Å². The van der Waals surface area contributed by atoms with Crippen LogP contribution in [-0.4, -0.2) is 25.8 Å². The monoisotopic (exact) mass is 177 g/mol. The van der Waals surface area contributed by atoms with E-state index in [1.165, 1.54) is 7.05 Å². The molecule has 0 saturated carbocycles. The van der Waals surface area contributed by atoms with Crippen molar-refractivity contribution in [3.63, 3.8) is 0 Å². The van der Waals surface area contributed by atoms with Crippen LogP contribution >= 0.6 is 0 Å². The SMILES string of the molecule is Cn1nc(C(F)F)nc1C(=O)O. The fraction of sp³-hybridized carbons (Fsp3) is 0.400. The van der Waals surface area contributed by atoms with Gasteiger partial charge in [0.1, 0.15) is 0 Å². The number of rotatable bonds is 2. The molecule has 0 aliphatic heterocycles. The van der Waals surface area contributed by atoms with Gasteiger partial charge in [-0.25, -0.2) is 18.3 Å². The van der Waals surface area contributed by atoms with Crippen molar-refractivity contribution in [3.8, 4) is 0 Å². The van der Waals surface area contributed by atoms with Crippen molar-refractivity contribution in [2.45, 2.75) is 6.43 Å². The van der Waals surface area contributed by atoms with Crippen molar-refractivity contribution >= 4 is 5.97 Å². The van der Waals surface area contributed by atoms with Crippen LogP contribution in [0.5, 0.6) is 0 Å². The van der Waals surface area contributed by atoms with Crippen LogP contribution in [0.1, 0.15) is 22.9 Å². The van der Waals surface area contributed by atoms with Crippen molar-refractivity contribution in [1.82, 2.24) is 14.8 Å². The molecule has 5 nitrogen and oxygen atoms in total. The van der Waals surface area contributed by atoms with E-state index < -0.39 is 24.0 Å². The van der Waals surface area contributed by atoms with E-state index >= 15 is 0 Å². The summed E-state index contributed by atoms with van der Waals surface area (Å²) in [4.78, 5) is 13.4. The summed E-state index contributed by atoms with van der Waals surface area (Å²) in [6, 6.07) is 0. The molecule has 12 heavy (non-hydrogen) atoms. The molecule has 0 aliphatic rings. The number of halogens is 2. The highest BCUT2D eigenvalue weighted by Gasteiger charge is 2.19. The van der Waals surface area contributed by atoms with Crippen LogP contribution in [0.2, 0.25) is 0 Å². The van der Waals surface area contributed by atoms with Crippen LogP contribution in [-0.2, 0) is 7.05 Å². The molecule has 1 aromatic heterocycles. The topological polar surface area (TPSA) is 68.0 Å². The van der Waals surface area contributed by atoms with Gasteiger partial charge in [0, 0.05) is 7.05 Å². The second kappa shape index (κ2) is 2.84. The Kier molecular flexibility index (Phi) is 2.03. The van der Waals surface area contributed by atoms with Crippen LogP contribution in [0.15, 0.2) is 0 Å². The molecule has 0 unspecified atom stereocenters. The number of hydrogen-bond acceptors (Lipinski definition) is 3. The molecule has 0 spiro atoms. The van der Waals surface area contributed by atoms with Crippen molar-refractivity contribution < 1.29 is 18.7 Å². The zero-order valence-electron chi connectivity index (χ0n) is 6.03. The predicted molar refractivity (Wildman–Crippen MR) is 32.9 cm³/mol. The maximum atomic E-state index is 11.9. The Morgan fingerprint density at radius 3 is 2.50 bits per heavy atom. The number of aromatic carboxylic acids is 1. The summed E-state index contributed by atoms with van der Waals surface area (Å²) in [5.41, 5.74) is 0. The zero-order chi connectivity index (χ0) is 9.30. The van der Waals surface area contributed by atoms with Gasteiger partial charge in [0.2, 0.25) is 11.6 Å². The van der Waals surface area contributed by atoms with Gasteiger partial charge < -0.3 is 5.11 Å². The molecule has 0 fully saturated rings. The molecule has 1 heterocycles. The molecule has 1 N–H and O–H groups in total. The van der Waals surface area contributed by atoms with Crippen LogP contribution in [0.3, 0.4) is 0 Å². The van der Waals surface area contributed by atoms with E-state index in [1.54, 1.807) is 0 Å². The van der Waals surface area contributed by atoms with Gasteiger partial charge in [-0.2, -0.15) is 4.98 Å². The highest BCUT2D eigenvalue weighted by molar-refractivity contribution is 5.83. The number of carboxylic acid groups (broad SMARTS) is 1. The molecule has 0 amide bonds. The molecular weight excluding hydrogens is 172 g/mol. The van der Waals surface area contributed by atoms with Crippen molar-refractivity contribution in [1.29, 1.82) is 0 Å². The standard InChI is InChI=1S/C5H5F2N3O2/c1-10-4(5(11)12)8-3(9-10)2(6)7/h2H,1H3,(H,11,12). The number of aryl methyl sites for hydroxylation is 1. The quantitative estimate of drug-likeness (QED) is 0.712. The van der Waals surface area contributed by atoms with Crippen LogP contribution < -0.4 is 0 Å². The highest BCUT2D eigenvalue weighted by atomic mass is 19.3. The molecule has 0 aliphatic carbocycles. The van der Waals surface area contributed by atoms with Gasteiger partial charge in [-0.3, -0.25) is 0 Å². The predicted octanol–water partition coefficient (Wildman–Crippen LogP) is 0.451. The van der Waals surface area contributed by atoms with Gasteiger partial charge in [0.15, 0.2) is 0 Å². The first kappa shape index (κ1) is 8.57. The second-order valence-electron chi connectivity index (χ2n) is 2.02. The summed E-state index contributed by atoms with van der Waals surface area (Å²) in [5, 5.41) is 11.6. The van der Waals surface area contributed by atoms with E-state index in [0.29, 0.717) is 0 Å². The summed E-state index contributed by atoms with van der Waals surface area (Å²) in [7, 11) is 1.24. The van der Waals surface area contributed by atoms with Crippen LogP contribution in [0.4, 0.5) is 8.78 Å². The minimum absolute atomic E-state index is 0.495. The van der Waals surface area contributed by atoms with Gasteiger partial charge in [0.05, 0.1) is 0 Å². The lowest BCUT2D eigenvalue weighted by Crippen LogP contribution is -2.06. The van der Waals surface area contributed by atoms with Gasteiger partial charge in [-0.1, -0.05) is 0 Å². The van der Waals surface area contributed by atoms with Gasteiger partial charge in [-0.05, 0) is 0 Å². The van der Waals surface area contributed by atoms with Crippen LogP contribution in [0, 0.1) is 0 Å². The molecule has 7 heteroatoms. The molecule has 0 atom stereocenters. The maximum Gasteiger partial charge on any atom is 0.373 e. The van der Waals surface area contributed by atoms with E-state index in [2.05, 4.69) is 10.1 Å². The lowest BCUT2D eigenvalue weighted by Gasteiger charge is -1.88. The molecule has 66 valence electrons. The third-order valence-corrected chi connectivity index (χ3v) is 1.17. The van der Waals surface area contributed by atoms with E-state index in [-0.39, 0.29) is 0 Å². The second-order valence-corrected chi connectivity index (χ2v) is 2.02. The first-order valence-electron chi connectivity index (χ1n) is 2.94. The average molecular weight is 177 g/mol. The van der Waals surface area contributed by atoms with Crippen molar-refractivity contribution in [3.05, 3.63) is 11.6 Å². The summed E-state index contributed by atoms with van der Waals surface area (Å²) < 4.78 is 24.6. The largest absolute Gasteiger partial charge is 0.475 e. The molecule has 0 bridgehead atoms. The molecule has 0 aromatic carbocycles. The van der Waals surface area contributed by atoms with Gasteiger partial charge >= 0.3 is 5.97 Å². The third kappa shape index (κ3) is 1.39. The Morgan fingerprint density at radius 2 is 2.25 bits per heavy atom. The van der Waals surface area contributed by atoms with Crippen molar-refractivity contribution in [2.24, 2.45) is 7.05 Å². The van der Waals surface area contributed by atoms with Crippen molar-refractivity contribution in [2.75, 3.05) is 0 Å². The van der Waals surface area contributed by atoms with E-state index in [9.17, 15) is 13.6 Å². The molecule has 1 rings (SSSR count). The summed E-state index contributed by atoms with van der Waals surface area (Å²) >= 11 is 0. The number of carbonyl (C=O) groups is 1. The zero-order valence-corrected chi connectivity index (χ0v) is 6.03. The first-order valence-corrected chi connectivity index (χ1v) is 2.94. The normalized spacial score (nSPS) is 10.7. The van der Waals surface area contributed by atoms with Gasteiger partial charge in [0.25, 0.3) is 6.43 Å².